The van der Waals surface area contributed by atoms with Crippen molar-refractivity contribution >= 4 is 27.5 Å². The first-order valence-corrected chi connectivity index (χ1v) is 13.9. The number of benzene rings is 2. The van der Waals surface area contributed by atoms with Gasteiger partial charge in [-0.25, -0.2) is 12.8 Å². The molecule has 0 aromatic heterocycles. The molecule has 0 radical (unpaired) electrons. The smallest absolute Gasteiger partial charge is 0.243 e. The summed E-state index contributed by atoms with van der Waals surface area (Å²) in [4.78, 5) is 15.1. The Bertz CT molecular complexity index is 1170. The number of carbonyl (C=O) groups excluding carboxylic acids is 1. The van der Waals surface area contributed by atoms with Crippen LogP contribution in [0.4, 0.5) is 4.39 Å². The van der Waals surface area contributed by atoms with E-state index in [1.54, 1.807) is 12.1 Å². The Labute approximate surface area is 212 Å². The summed E-state index contributed by atoms with van der Waals surface area (Å²) in [5.74, 6) is 0.0588. The van der Waals surface area contributed by atoms with Crippen LogP contribution in [0.25, 0.3) is 0 Å². The van der Waals surface area contributed by atoms with Crippen LogP contribution in [0.3, 0.4) is 0 Å². The minimum absolute atomic E-state index is 0.0330. The highest BCUT2D eigenvalue weighted by molar-refractivity contribution is 7.89. The van der Waals surface area contributed by atoms with Crippen molar-refractivity contribution in [3.05, 3.63) is 58.9 Å². The fourth-order valence-corrected chi connectivity index (χ4v) is 6.72. The van der Waals surface area contributed by atoms with E-state index in [2.05, 4.69) is 0 Å². The topological polar surface area (TPSA) is 66.9 Å². The summed E-state index contributed by atoms with van der Waals surface area (Å²) in [6.45, 7) is 4.01. The van der Waals surface area contributed by atoms with Gasteiger partial charge in [-0.15, -0.1) is 0 Å². The predicted octanol–water partition coefficient (Wildman–Crippen LogP) is 5.04. The fraction of sp³-hybridized carbons (Fsp3) is 0.500. The van der Waals surface area contributed by atoms with E-state index in [1.165, 1.54) is 22.5 Å². The Hall–Kier alpha value is -2.16. The van der Waals surface area contributed by atoms with E-state index in [1.807, 2.05) is 17.9 Å². The molecular weight excluding hydrogens is 491 g/mol. The van der Waals surface area contributed by atoms with Crippen molar-refractivity contribution in [2.24, 2.45) is 5.41 Å². The molecule has 0 spiro atoms. The molecule has 0 N–H and O–H groups in total. The molecule has 6 nitrogen and oxygen atoms in total. The maximum Gasteiger partial charge on any atom is 0.243 e. The lowest BCUT2D eigenvalue weighted by Crippen LogP contribution is -2.51. The molecule has 0 bridgehead atoms. The molecule has 4 rings (SSSR count). The molecule has 0 aliphatic carbocycles. The molecule has 2 aromatic carbocycles. The average Bonchev–Trinajstić information content (AvgIpc) is 2.85. The number of piperidine rings is 2. The maximum absolute atomic E-state index is 13.8. The van der Waals surface area contributed by atoms with E-state index in [-0.39, 0.29) is 30.4 Å². The molecule has 1 amide bonds. The molecular formula is C26H32ClFN2O4S. The van der Waals surface area contributed by atoms with Crippen molar-refractivity contribution in [2.45, 2.75) is 50.3 Å². The van der Waals surface area contributed by atoms with Crippen LogP contribution >= 0.6 is 11.6 Å². The van der Waals surface area contributed by atoms with Gasteiger partial charge in [-0.05, 0) is 81.0 Å². The number of ether oxygens (including phenoxy) is 1. The van der Waals surface area contributed by atoms with Crippen molar-refractivity contribution in [1.29, 1.82) is 0 Å². The summed E-state index contributed by atoms with van der Waals surface area (Å²) >= 11 is 6.14. The number of likely N-dealkylation sites (tertiary alicyclic amines) is 1. The van der Waals surface area contributed by atoms with Crippen molar-refractivity contribution in [2.75, 3.05) is 32.8 Å². The summed E-state index contributed by atoms with van der Waals surface area (Å²) in [6.07, 6.45) is 4.54. The third kappa shape index (κ3) is 6.16. The number of aryl methyl sites for hydroxylation is 1. The van der Waals surface area contributed by atoms with Gasteiger partial charge in [-0.1, -0.05) is 17.7 Å². The number of hydrogen-bond acceptors (Lipinski definition) is 4. The molecule has 2 aliphatic rings. The van der Waals surface area contributed by atoms with E-state index in [0.29, 0.717) is 30.2 Å². The van der Waals surface area contributed by atoms with Gasteiger partial charge in [0.1, 0.15) is 11.6 Å². The lowest BCUT2D eigenvalue weighted by molar-refractivity contribution is -0.136. The van der Waals surface area contributed by atoms with Gasteiger partial charge < -0.3 is 9.64 Å². The second kappa shape index (κ2) is 10.8. The highest BCUT2D eigenvalue weighted by Gasteiger charge is 2.43. The van der Waals surface area contributed by atoms with Crippen molar-refractivity contribution in [3.8, 4) is 5.75 Å². The van der Waals surface area contributed by atoms with Crippen LogP contribution in [-0.4, -0.2) is 56.3 Å². The van der Waals surface area contributed by atoms with E-state index in [4.69, 9.17) is 16.3 Å². The average molecular weight is 523 g/mol. The number of sulfonamides is 1. The number of halogens is 2. The molecule has 9 heteroatoms. The quantitative estimate of drug-likeness (QED) is 0.511. The second-order valence-corrected chi connectivity index (χ2v) is 12.1. The standard InChI is InChI=1S/C26H32ClFN2O4S/c1-20-15-22(9-10-24(20)27)34-19-26(17-25(31)29-12-3-2-4-13-29)11-6-14-30(18-26)35(32,33)23-8-5-7-21(28)16-23/h5,7-10,15-16H,2-4,6,11-14,17-19H2,1H3/t26-/m1/s1. The van der Waals surface area contributed by atoms with Crippen molar-refractivity contribution < 1.29 is 22.3 Å². The molecule has 1 atom stereocenters. The molecule has 0 unspecified atom stereocenters. The van der Waals surface area contributed by atoms with Crippen molar-refractivity contribution in [1.82, 2.24) is 9.21 Å². The van der Waals surface area contributed by atoms with E-state index < -0.39 is 21.3 Å². The zero-order valence-corrected chi connectivity index (χ0v) is 21.6. The van der Waals surface area contributed by atoms with E-state index in [0.717, 1.165) is 44.0 Å². The Morgan fingerprint density at radius 3 is 2.57 bits per heavy atom. The molecule has 190 valence electrons. The first kappa shape index (κ1) is 25.9. The zero-order valence-electron chi connectivity index (χ0n) is 20.0. The third-order valence-electron chi connectivity index (χ3n) is 6.97. The molecule has 2 aliphatic heterocycles. The van der Waals surface area contributed by atoms with Gasteiger partial charge >= 0.3 is 0 Å². The fourth-order valence-electron chi connectivity index (χ4n) is 4.98. The van der Waals surface area contributed by atoms with Gasteiger partial charge in [0, 0.05) is 43.0 Å². The number of rotatable bonds is 7. The Kier molecular flexibility index (Phi) is 8.03. The van der Waals surface area contributed by atoms with E-state index in [9.17, 15) is 17.6 Å². The van der Waals surface area contributed by atoms with Gasteiger partial charge in [0.15, 0.2) is 0 Å². The Morgan fingerprint density at radius 2 is 1.86 bits per heavy atom. The number of carbonyl (C=O) groups is 1. The molecule has 2 saturated heterocycles. The summed E-state index contributed by atoms with van der Waals surface area (Å²) in [7, 11) is -3.92. The summed E-state index contributed by atoms with van der Waals surface area (Å²) in [5.41, 5.74) is 0.183. The van der Waals surface area contributed by atoms with Gasteiger partial charge in [-0.2, -0.15) is 4.31 Å². The van der Waals surface area contributed by atoms with Gasteiger partial charge in [0.2, 0.25) is 15.9 Å². The van der Waals surface area contributed by atoms with Crippen LogP contribution in [0.15, 0.2) is 47.4 Å². The summed E-state index contributed by atoms with van der Waals surface area (Å²) < 4.78 is 48.1. The van der Waals surface area contributed by atoms with Crippen LogP contribution in [-0.2, 0) is 14.8 Å². The van der Waals surface area contributed by atoms with Crippen LogP contribution < -0.4 is 4.74 Å². The lowest BCUT2D eigenvalue weighted by atomic mass is 9.78. The number of amides is 1. The van der Waals surface area contributed by atoms with Gasteiger partial charge in [0.05, 0.1) is 11.5 Å². The highest BCUT2D eigenvalue weighted by Crippen LogP contribution is 2.38. The molecule has 2 heterocycles. The number of nitrogens with zero attached hydrogens (tertiary/aromatic N) is 2. The van der Waals surface area contributed by atoms with Crippen LogP contribution in [0.5, 0.6) is 5.75 Å². The maximum atomic E-state index is 13.8. The first-order chi connectivity index (χ1) is 16.7. The minimum atomic E-state index is -3.92. The van der Waals surface area contributed by atoms with Crippen LogP contribution in [0.2, 0.25) is 5.02 Å². The SMILES string of the molecule is Cc1cc(OC[C@@]2(CC(=O)N3CCCCC3)CCCN(S(=O)(=O)c3cccc(F)c3)C2)ccc1Cl. The molecule has 35 heavy (non-hydrogen) atoms. The highest BCUT2D eigenvalue weighted by atomic mass is 35.5. The normalized spacial score (nSPS) is 21.6. The zero-order chi connectivity index (χ0) is 25.1. The van der Waals surface area contributed by atoms with Crippen molar-refractivity contribution in [3.63, 3.8) is 0 Å². The summed E-state index contributed by atoms with van der Waals surface area (Å²) in [6, 6.07) is 10.4. The second-order valence-electron chi connectivity index (χ2n) is 9.72. The van der Waals surface area contributed by atoms with Crippen LogP contribution in [0, 0.1) is 18.2 Å². The number of hydrogen-bond donors (Lipinski definition) is 0. The molecule has 2 aromatic rings. The van der Waals surface area contributed by atoms with Gasteiger partial charge in [0.25, 0.3) is 0 Å². The largest absolute Gasteiger partial charge is 0.493 e. The van der Waals surface area contributed by atoms with E-state index >= 15 is 0 Å². The Morgan fingerprint density at radius 1 is 1.09 bits per heavy atom. The first-order valence-electron chi connectivity index (χ1n) is 12.1. The molecule has 2 fully saturated rings. The minimum Gasteiger partial charge on any atom is -0.493 e. The lowest BCUT2D eigenvalue weighted by Gasteiger charge is -2.42. The van der Waals surface area contributed by atoms with Crippen LogP contribution in [0.1, 0.15) is 44.1 Å². The van der Waals surface area contributed by atoms with Gasteiger partial charge in [-0.3, -0.25) is 4.79 Å². The third-order valence-corrected chi connectivity index (χ3v) is 9.23. The Balaban J connectivity index is 1.59. The molecule has 0 saturated carbocycles. The monoisotopic (exact) mass is 522 g/mol. The summed E-state index contributed by atoms with van der Waals surface area (Å²) in [5, 5.41) is 0.636. The predicted molar refractivity (Wildman–Crippen MR) is 134 cm³/mol.